The van der Waals surface area contributed by atoms with Gasteiger partial charge < -0.3 is 14.7 Å². The van der Waals surface area contributed by atoms with E-state index in [1.807, 2.05) is 30.3 Å². The first-order chi connectivity index (χ1) is 13.3. The van der Waals surface area contributed by atoms with Crippen LogP contribution < -0.4 is 5.32 Å². The zero-order valence-electron chi connectivity index (χ0n) is 17.0. The number of nitrogens with one attached hydrogen (secondary N) is 1. The monoisotopic (exact) mass is 383 g/mol. The average molecular weight is 383 g/mol. The van der Waals surface area contributed by atoms with E-state index in [2.05, 4.69) is 38.2 Å². The Hall–Kier alpha value is -2.63. The van der Waals surface area contributed by atoms with Gasteiger partial charge in [-0.15, -0.1) is 0 Å². The standard InChI is InChI=1S/C22H29N3O3/c1-14(2)10-17-13-25(19(11-15(3)4)21(26)23-17)22(27)18-12-20(28-24-18)16-8-6-5-7-9-16/h5-9,12,14-15,17,19H,10-11,13H2,1-4H3,(H,23,26). The molecule has 6 heteroatoms. The normalized spacial score (nSPS) is 19.9. The molecular weight excluding hydrogens is 354 g/mol. The fourth-order valence-electron chi connectivity index (χ4n) is 3.72. The van der Waals surface area contributed by atoms with E-state index in [0.29, 0.717) is 30.6 Å². The molecule has 2 unspecified atom stereocenters. The van der Waals surface area contributed by atoms with Gasteiger partial charge in [-0.3, -0.25) is 9.59 Å². The first-order valence-corrected chi connectivity index (χ1v) is 9.98. The van der Waals surface area contributed by atoms with Gasteiger partial charge in [-0.1, -0.05) is 63.2 Å². The molecule has 1 saturated heterocycles. The van der Waals surface area contributed by atoms with Crippen molar-refractivity contribution in [2.45, 2.75) is 52.6 Å². The van der Waals surface area contributed by atoms with E-state index in [0.717, 1.165) is 12.0 Å². The number of amides is 2. The largest absolute Gasteiger partial charge is 0.355 e. The van der Waals surface area contributed by atoms with Crippen LogP contribution in [0.2, 0.25) is 0 Å². The minimum absolute atomic E-state index is 0.0413. The molecule has 1 aliphatic heterocycles. The highest BCUT2D eigenvalue weighted by Gasteiger charge is 2.38. The van der Waals surface area contributed by atoms with Crippen molar-refractivity contribution in [3.63, 3.8) is 0 Å². The van der Waals surface area contributed by atoms with Crippen molar-refractivity contribution in [3.8, 4) is 11.3 Å². The molecule has 0 bridgehead atoms. The fraction of sp³-hybridized carbons (Fsp3) is 0.500. The lowest BCUT2D eigenvalue weighted by Crippen LogP contribution is -2.62. The Morgan fingerprint density at radius 3 is 2.50 bits per heavy atom. The van der Waals surface area contributed by atoms with Crippen LogP contribution in [0.4, 0.5) is 0 Å². The van der Waals surface area contributed by atoms with Gasteiger partial charge in [0.25, 0.3) is 5.91 Å². The number of nitrogens with zero attached hydrogens (tertiary/aromatic N) is 2. The first kappa shape index (κ1) is 20.1. The second-order valence-corrected chi connectivity index (χ2v) is 8.38. The lowest BCUT2D eigenvalue weighted by atomic mass is 9.94. The van der Waals surface area contributed by atoms with Crippen LogP contribution in [0.3, 0.4) is 0 Å². The Kier molecular flexibility index (Phi) is 6.17. The van der Waals surface area contributed by atoms with E-state index < -0.39 is 6.04 Å². The zero-order chi connectivity index (χ0) is 20.3. The summed E-state index contributed by atoms with van der Waals surface area (Å²) in [7, 11) is 0. The topological polar surface area (TPSA) is 75.4 Å². The Morgan fingerprint density at radius 2 is 1.86 bits per heavy atom. The van der Waals surface area contributed by atoms with Crippen molar-refractivity contribution in [1.82, 2.24) is 15.4 Å². The molecule has 2 aromatic rings. The quantitative estimate of drug-likeness (QED) is 0.824. The van der Waals surface area contributed by atoms with Gasteiger partial charge in [0.2, 0.25) is 5.91 Å². The van der Waals surface area contributed by atoms with Gasteiger partial charge in [0.1, 0.15) is 6.04 Å². The van der Waals surface area contributed by atoms with Gasteiger partial charge in [-0.25, -0.2) is 0 Å². The first-order valence-electron chi connectivity index (χ1n) is 9.98. The minimum Gasteiger partial charge on any atom is -0.355 e. The predicted octanol–water partition coefficient (Wildman–Crippen LogP) is 3.74. The van der Waals surface area contributed by atoms with Gasteiger partial charge in [-0.2, -0.15) is 0 Å². The van der Waals surface area contributed by atoms with Crippen LogP contribution >= 0.6 is 0 Å². The van der Waals surface area contributed by atoms with Crippen molar-refractivity contribution >= 4 is 11.8 Å². The summed E-state index contributed by atoms with van der Waals surface area (Å²) in [6, 6.07) is 10.7. The van der Waals surface area contributed by atoms with Crippen LogP contribution in [-0.4, -0.2) is 40.5 Å². The number of aromatic nitrogens is 1. The van der Waals surface area contributed by atoms with Crippen LogP contribution in [-0.2, 0) is 4.79 Å². The number of carbonyl (C=O) groups is 2. The highest BCUT2D eigenvalue weighted by molar-refractivity contribution is 5.97. The van der Waals surface area contributed by atoms with E-state index in [9.17, 15) is 9.59 Å². The Bertz CT molecular complexity index is 813. The molecule has 1 aromatic heterocycles. The highest BCUT2D eigenvalue weighted by Crippen LogP contribution is 2.24. The maximum atomic E-state index is 13.2. The van der Waals surface area contributed by atoms with E-state index >= 15 is 0 Å². The third-order valence-corrected chi connectivity index (χ3v) is 4.94. The third kappa shape index (κ3) is 4.61. The van der Waals surface area contributed by atoms with Crippen molar-refractivity contribution < 1.29 is 14.1 Å². The van der Waals surface area contributed by atoms with Crippen LogP contribution in [0.25, 0.3) is 11.3 Å². The zero-order valence-corrected chi connectivity index (χ0v) is 17.0. The van der Waals surface area contributed by atoms with Gasteiger partial charge in [0.15, 0.2) is 11.5 Å². The molecule has 0 saturated carbocycles. The van der Waals surface area contributed by atoms with Gasteiger partial charge in [0, 0.05) is 24.2 Å². The summed E-state index contributed by atoms with van der Waals surface area (Å²) in [5, 5.41) is 7.09. The lowest BCUT2D eigenvalue weighted by Gasteiger charge is -2.40. The summed E-state index contributed by atoms with van der Waals surface area (Å²) in [4.78, 5) is 27.7. The second kappa shape index (κ2) is 8.59. The molecule has 3 rings (SSSR count). The maximum absolute atomic E-state index is 13.2. The SMILES string of the molecule is CC(C)CC1CN(C(=O)c2cc(-c3ccccc3)on2)C(CC(C)C)C(=O)N1. The number of hydrogen-bond donors (Lipinski definition) is 1. The lowest BCUT2D eigenvalue weighted by molar-refractivity contribution is -0.130. The molecule has 1 N–H and O–H groups in total. The average Bonchev–Trinajstić information content (AvgIpc) is 3.13. The van der Waals surface area contributed by atoms with Crippen LogP contribution in [0.5, 0.6) is 0 Å². The van der Waals surface area contributed by atoms with Crippen molar-refractivity contribution in [2.75, 3.05) is 6.54 Å². The van der Waals surface area contributed by atoms with Crippen molar-refractivity contribution in [2.24, 2.45) is 11.8 Å². The molecule has 6 nitrogen and oxygen atoms in total. The summed E-state index contributed by atoms with van der Waals surface area (Å²) < 4.78 is 5.40. The fourth-order valence-corrected chi connectivity index (χ4v) is 3.72. The number of rotatable bonds is 6. The van der Waals surface area contributed by atoms with Gasteiger partial charge in [0.05, 0.1) is 0 Å². The van der Waals surface area contributed by atoms with Crippen LogP contribution in [0.1, 0.15) is 51.0 Å². The number of piperazine rings is 1. The Labute approximate surface area is 166 Å². The molecule has 1 aliphatic rings. The summed E-state index contributed by atoms with van der Waals surface area (Å²) in [6.45, 7) is 8.83. The molecule has 0 radical (unpaired) electrons. The smallest absolute Gasteiger partial charge is 0.276 e. The predicted molar refractivity (Wildman–Crippen MR) is 108 cm³/mol. The summed E-state index contributed by atoms with van der Waals surface area (Å²) in [5.74, 6) is 0.945. The molecule has 1 fully saturated rings. The molecule has 2 atom stereocenters. The molecule has 2 heterocycles. The minimum atomic E-state index is -0.479. The van der Waals surface area contributed by atoms with E-state index in [1.54, 1.807) is 11.0 Å². The number of benzene rings is 1. The highest BCUT2D eigenvalue weighted by atomic mass is 16.5. The number of carbonyl (C=O) groups excluding carboxylic acids is 2. The summed E-state index contributed by atoms with van der Waals surface area (Å²) >= 11 is 0. The van der Waals surface area contributed by atoms with E-state index in [1.165, 1.54) is 0 Å². The molecule has 2 amide bonds. The van der Waals surface area contributed by atoms with Gasteiger partial charge in [-0.05, 0) is 24.7 Å². The van der Waals surface area contributed by atoms with E-state index in [4.69, 9.17) is 4.52 Å². The summed E-state index contributed by atoms with van der Waals surface area (Å²) in [6.07, 6.45) is 1.45. The Balaban J connectivity index is 1.85. The summed E-state index contributed by atoms with van der Waals surface area (Å²) in [5.41, 5.74) is 1.10. The maximum Gasteiger partial charge on any atom is 0.276 e. The van der Waals surface area contributed by atoms with Crippen molar-refractivity contribution in [1.29, 1.82) is 0 Å². The Morgan fingerprint density at radius 1 is 1.18 bits per heavy atom. The molecule has 28 heavy (non-hydrogen) atoms. The second-order valence-electron chi connectivity index (χ2n) is 8.38. The molecular formula is C22H29N3O3. The van der Waals surface area contributed by atoms with Crippen LogP contribution in [0, 0.1) is 11.8 Å². The van der Waals surface area contributed by atoms with E-state index in [-0.39, 0.29) is 23.6 Å². The number of hydrogen-bond acceptors (Lipinski definition) is 4. The molecule has 1 aromatic carbocycles. The molecule has 0 aliphatic carbocycles. The third-order valence-electron chi connectivity index (χ3n) is 4.94. The van der Waals surface area contributed by atoms with Crippen LogP contribution in [0.15, 0.2) is 40.9 Å². The molecule has 150 valence electrons. The van der Waals surface area contributed by atoms with Gasteiger partial charge >= 0.3 is 0 Å². The molecule has 0 spiro atoms. The van der Waals surface area contributed by atoms with Crippen molar-refractivity contribution in [3.05, 3.63) is 42.1 Å².